The summed E-state index contributed by atoms with van der Waals surface area (Å²) in [6.45, 7) is 0. The van der Waals surface area contributed by atoms with Crippen LogP contribution in [-0.4, -0.2) is 34.3 Å². The first-order valence-electron chi connectivity index (χ1n) is 6.98. The summed E-state index contributed by atoms with van der Waals surface area (Å²) in [7, 11) is 1.75. The SMILES string of the molecule is CSc1cccc(N=C2SC(=Cc3cccnc3)C(=O)N2C)c1. The van der Waals surface area contributed by atoms with E-state index in [0.717, 1.165) is 16.1 Å². The van der Waals surface area contributed by atoms with Gasteiger partial charge in [0.1, 0.15) is 0 Å². The fraction of sp³-hybridized carbons (Fsp3) is 0.118. The van der Waals surface area contributed by atoms with Crippen molar-refractivity contribution < 1.29 is 4.79 Å². The van der Waals surface area contributed by atoms with Crippen LogP contribution in [0.1, 0.15) is 5.56 Å². The van der Waals surface area contributed by atoms with Gasteiger partial charge in [-0.25, -0.2) is 4.99 Å². The molecular weight excluding hydrogens is 326 g/mol. The number of nitrogens with zero attached hydrogens (tertiary/aromatic N) is 3. The number of hydrogen-bond acceptors (Lipinski definition) is 5. The summed E-state index contributed by atoms with van der Waals surface area (Å²) in [6.07, 6.45) is 7.32. The average Bonchev–Trinajstić information content (AvgIpc) is 2.84. The summed E-state index contributed by atoms with van der Waals surface area (Å²) in [4.78, 5) is 24.4. The molecule has 0 unspecified atom stereocenters. The molecule has 0 saturated carbocycles. The van der Waals surface area contributed by atoms with Crippen LogP contribution in [0, 0.1) is 0 Å². The Hall–Kier alpha value is -2.05. The molecule has 1 aliphatic rings. The number of benzene rings is 1. The van der Waals surface area contributed by atoms with E-state index in [2.05, 4.69) is 9.98 Å². The molecular formula is C17H15N3OS2. The Labute approximate surface area is 143 Å². The van der Waals surface area contributed by atoms with E-state index in [0.29, 0.717) is 10.1 Å². The van der Waals surface area contributed by atoms with Gasteiger partial charge in [0.05, 0.1) is 10.6 Å². The first-order chi connectivity index (χ1) is 11.2. The van der Waals surface area contributed by atoms with Gasteiger partial charge in [0.2, 0.25) is 0 Å². The maximum absolute atomic E-state index is 12.4. The molecule has 2 heterocycles. The van der Waals surface area contributed by atoms with Gasteiger partial charge >= 0.3 is 0 Å². The van der Waals surface area contributed by atoms with E-state index < -0.39 is 0 Å². The number of thioether (sulfide) groups is 2. The number of pyridine rings is 1. The number of rotatable bonds is 3. The van der Waals surface area contributed by atoms with E-state index in [1.165, 1.54) is 11.8 Å². The summed E-state index contributed by atoms with van der Waals surface area (Å²) >= 11 is 3.05. The summed E-state index contributed by atoms with van der Waals surface area (Å²) in [6, 6.07) is 11.7. The number of aliphatic imine (C=N–C) groups is 1. The number of carbonyl (C=O) groups is 1. The van der Waals surface area contributed by atoms with Gasteiger partial charge in [0.25, 0.3) is 5.91 Å². The largest absolute Gasteiger partial charge is 0.290 e. The molecule has 4 nitrogen and oxygen atoms in total. The Morgan fingerprint density at radius 1 is 1.30 bits per heavy atom. The molecule has 1 amide bonds. The molecule has 0 radical (unpaired) electrons. The van der Waals surface area contributed by atoms with Gasteiger partial charge in [-0.05, 0) is 53.9 Å². The molecule has 1 aliphatic heterocycles. The van der Waals surface area contributed by atoms with Crippen molar-refractivity contribution in [3.8, 4) is 0 Å². The Kier molecular flexibility index (Phi) is 4.83. The number of aromatic nitrogens is 1. The lowest BCUT2D eigenvalue weighted by Gasteiger charge is -2.07. The van der Waals surface area contributed by atoms with Crippen LogP contribution >= 0.6 is 23.5 Å². The fourth-order valence-corrected chi connectivity index (χ4v) is 3.49. The monoisotopic (exact) mass is 341 g/mol. The zero-order valence-electron chi connectivity index (χ0n) is 12.8. The van der Waals surface area contributed by atoms with Crippen molar-refractivity contribution in [3.05, 3.63) is 59.3 Å². The topological polar surface area (TPSA) is 45.6 Å². The molecule has 0 bridgehead atoms. The molecule has 23 heavy (non-hydrogen) atoms. The van der Waals surface area contributed by atoms with Gasteiger partial charge in [0, 0.05) is 24.3 Å². The minimum absolute atomic E-state index is 0.0429. The van der Waals surface area contributed by atoms with Crippen molar-refractivity contribution in [3.63, 3.8) is 0 Å². The maximum Gasteiger partial charge on any atom is 0.266 e. The number of carbonyl (C=O) groups excluding carboxylic acids is 1. The first-order valence-corrected chi connectivity index (χ1v) is 9.02. The minimum Gasteiger partial charge on any atom is -0.290 e. The highest BCUT2D eigenvalue weighted by Crippen LogP contribution is 2.33. The lowest BCUT2D eigenvalue weighted by Crippen LogP contribution is -2.23. The molecule has 2 aromatic rings. The number of likely N-dealkylation sites (N-methyl/N-ethyl adjacent to an activating group) is 1. The minimum atomic E-state index is -0.0429. The van der Waals surface area contributed by atoms with Crippen LogP contribution in [0.5, 0.6) is 0 Å². The second-order valence-corrected chi connectivity index (χ2v) is 6.75. The van der Waals surface area contributed by atoms with Crippen LogP contribution in [0.25, 0.3) is 6.08 Å². The van der Waals surface area contributed by atoms with E-state index in [1.807, 2.05) is 48.7 Å². The van der Waals surface area contributed by atoms with Crippen LogP contribution < -0.4 is 0 Å². The maximum atomic E-state index is 12.4. The Morgan fingerprint density at radius 3 is 2.91 bits per heavy atom. The summed E-state index contributed by atoms with van der Waals surface area (Å²) < 4.78 is 0. The van der Waals surface area contributed by atoms with Crippen LogP contribution in [0.15, 0.2) is 63.6 Å². The van der Waals surface area contributed by atoms with Crippen molar-refractivity contribution in [1.82, 2.24) is 9.88 Å². The standard InChI is InChI=1S/C17H15N3OS2/c1-20-16(21)15(9-12-5-4-8-18-11-12)23-17(20)19-13-6-3-7-14(10-13)22-2/h3-11H,1-2H3. The van der Waals surface area contributed by atoms with Crippen molar-refractivity contribution in [1.29, 1.82) is 0 Å². The quantitative estimate of drug-likeness (QED) is 0.624. The molecule has 0 aliphatic carbocycles. The van der Waals surface area contributed by atoms with E-state index in [1.54, 1.807) is 36.1 Å². The molecule has 116 valence electrons. The van der Waals surface area contributed by atoms with E-state index in [4.69, 9.17) is 0 Å². The Morgan fingerprint density at radius 2 is 2.17 bits per heavy atom. The fourth-order valence-electron chi connectivity index (χ4n) is 2.05. The van der Waals surface area contributed by atoms with Crippen molar-refractivity contribution in [2.75, 3.05) is 13.3 Å². The highest BCUT2D eigenvalue weighted by molar-refractivity contribution is 8.18. The average molecular weight is 341 g/mol. The van der Waals surface area contributed by atoms with Crippen LogP contribution in [0.3, 0.4) is 0 Å². The second kappa shape index (κ2) is 7.02. The third-order valence-electron chi connectivity index (χ3n) is 3.26. The molecule has 0 atom stereocenters. The van der Waals surface area contributed by atoms with E-state index >= 15 is 0 Å². The molecule has 1 fully saturated rings. The molecule has 1 aromatic carbocycles. The second-order valence-electron chi connectivity index (χ2n) is 4.86. The van der Waals surface area contributed by atoms with Gasteiger partial charge in [-0.1, -0.05) is 12.1 Å². The van der Waals surface area contributed by atoms with Crippen LogP contribution in [0.2, 0.25) is 0 Å². The first kappa shape index (κ1) is 15.8. The summed E-state index contributed by atoms with van der Waals surface area (Å²) in [5.74, 6) is -0.0429. The van der Waals surface area contributed by atoms with Crippen molar-refractivity contribution in [2.24, 2.45) is 4.99 Å². The van der Waals surface area contributed by atoms with Crippen LogP contribution in [-0.2, 0) is 4.79 Å². The van der Waals surface area contributed by atoms with Crippen molar-refractivity contribution in [2.45, 2.75) is 4.90 Å². The molecule has 6 heteroatoms. The Bertz CT molecular complexity index is 787. The molecule has 0 spiro atoms. The number of hydrogen-bond donors (Lipinski definition) is 0. The zero-order valence-corrected chi connectivity index (χ0v) is 14.4. The van der Waals surface area contributed by atoms with Crippen LogP contribution in [0.4, 0.5) is 5.69 Å². The number of amides is 1. The lowest BCUT2D eigenvalue weighted by atomic mass is 10.2. The van der Waals surface area contributed by atoms with Crippen molar-refractivity contribution >= 4 is 46.4 Å². The Balaban J connectivity index is 1.89. The third-order valence-corrected chi connectivity index (χ3v) is 5.05. The molecule has 1 aromatic heterocycles. The summed E-state index contributed by atoms with van der Waals surface area (Å²) in [5, 5.41) is 0.684. The predicted octanol–water partition coefficient (Wildman–Crippen LogP) is 4.04. The lowest BCUT2D eigenvalue weighted by molar-refractivity contribution is -0.121. The van der Waals surface area contributed by atoms with Gasteiger partial charge in [-0.3, -0.25) is 14.7 Å². The molecule has 3 rings (SSSR count). The third kappa shape index (κ3) is 3.65. The van der Waals surface area contributed by atoms with E-state index in [9.17, 15) is 4.79 Å². The van der Waals surface area contributed by atoms with Gasteiger partial charge < -0.3 is 0 Å². The summed E-state index contributed by atoms with van der Waals surface area (Å²) in [5.41, 5.74) is 1.75. The highest BCUT2D eigenvalue weighted by atomic mass is 32.2. The number of amidine groups is 1. The van der Waals surface area contributed by atoms with Gasteiger partial charge in [-0.15, -0.1) is 11.8 Å². The normalized spacial score (nSPS) is 18.2. The highest BCUT2D eigenvalue weighted by Gasteiger charge is 2.30. The molecule has 0 N–H and O–H groups in total. The van der Waals surface area contributed by atoms with E-state index in [-0.39, 0.29) is 5.91 Å². The predicted molar refractivity (Wildman–Crippen MR) is 97.9 cm³/mol. The van der Waals surface area contributed by atoms with Gasteiger partial charge in [-0.2, -0.15) is 0 Å². The molecule has 1 saturated heterocycles. The zero-order chi connectivity index (χ0) is 16.2. The van der Waals surface area contributed by atoms with Gasteiger partial charge in [0.15, 0.2) is 5.17 Å². The smallest absolute Gasteiger partial charge is 0.266 e.